The molecule has 1 aromatic heterocycles. The van der Waals surface area contributed by atoms with Gasteiger partial charge in [-0.05, 0) is 47.9 Å². The molecule has 0 spiro atoms. The second-order valence-corrected chi connectivity index (χ2v) is 7.08. The standard InChI is InChI=1S/C21H28FN/c1-14(2)16(4)21-12-8-9-18(23-21)13-15(3)17(5)19-10-6-7-11-20(19)22/h6-12,14-17H,13H2,1-5H3/t15?,16?,17-/m1/s1. The maximum Gasteiger partial charge on any atom is 0.126 e. The van der Waals surface area contributed by atoms with Crippen LogP contribution in [0.5, 0.6) is 0 Å². The first-order valence-electron chi connectivity index (χ1n) is 8.60. The lowest BCUT2D eigenvalue weighted by Gasteiger charge is -2.21. The Balaban J connectivity index is 2.12. The highest BCUT2D eigenvalue weighted by Crippen LogP contribution is 2.29. The van der Waals surface area contributed by atoms with Gasteiger partial charge in [0, 0.05) is 17.3 Å². The third kappa shape index (κ3) is 4.40. The van der Waals surface area contributed by atoms with Gasteiger partial charge in [-0.1, -0.05) is 58.9 Å². The predicted molar refractivity (Wildman–Crippen MR) is 95.2 cm³/mol. The maximum atomic E-state index is 14.0. The fraction of sp³-hybridized carbons (Fsp3) is 0.476. The zero-order chi connectivity index (χ0) is 17.0. The number of nitrogens with zero attached hydrogens (tertiary/aromatic N) is 1. The molecule has 0 aliphatic rings. The molecular weight excluding hydrogens is 285 g/mol. The molecule has 1 nitrogen and oxygen atoms in total. The topological polar surface area (TPSA) is 12.9 Å². The molecule has 0 bridgehead atoms. The van der Waals surface area contributed by atoms with Gasteiger partial charge < -0.3 is 0 Å². The number of benzene rings is 1. The summed E-state index contributed by atoms with van der Waals surface area (Å²) >= 11 is 0. The minimum absolute atomic E-state index is 0.109. The number of rotatable bonds is 6. The number of hydrogen-bond donors (Lipinski definition) is 0. The van der Waals surface area contributed by atoms with E-state index < -0.39 is 0 Å². The summed E-state index contributed by atoms with van der Waals surface area (Å²) in [7, 11) is 0. The van der Waals surface area contributed by atoms with Crippen LogP contribution in [0.15, 0.2) is 42.5 Å². The molecule has 1 heterocycles. The van der Waals surface area contributed by atoms with Gasteiger partial charge in [0.1, 0.15) is 5.82 Å². The minimum Gasteiger partial charge on any atom is -0.258 e. The highest BCUT2D eigenvalue weighted by atomic mass is 19.1. The highest BCUT2D eigenvalue weighted by Gasteiger charge is 2.19. The first kappa shape index (κ1) is 17.7. The normalized spacial score (nSPS) is 15.4. The van der Waals surface area contributed by atoms with Crippen molar-refractivity contribution in [2.45, 2.75) is 52.9 Å². The second kappa shape index (κ2) is 7.72. The van der Waals surface area contributed by atoms with E-state index in [0.717, 1.165) is 23.4 Å². The van der Waals surface area contributed by atoms with Crippen molar-refractivity contribution in [3.05, 3.63) is 65.2 Å². The fourth-order valence-corrected chi connectivity index (χ4v) is 2.86. The Morgan fingerprint density at radius 2 is 1.57 bits per heavy atom. The Bertz CT molecular complexity index is 635. The smallest absolute Gasteiger partial charge is 0.126 e. The van der Waals surface area contributed by atoms with E-state index in [9.17, 15) is 4.39 Å². The van der Waals surface area contributed by atoms with Crippen LogP contribution in [0.2, 0.25) is 0 Å². The van der Waals surface area contributed by atoms with Gasteiger partial charge >= 0.3 is 0 Å². The van der Waals surface area contributed by atoms with Gasteiger partial charge in [0.15, 0.2) is 0 Å². The van der Waals surface area contributed by atoms with E-state index in [0.29, 0.717) is 17.8 Å². The Morgan fingerprint density at radius 1 is 0.870 bits per heavy atom. The van der Waals surface area contributed by atoms with Gasteiger partial charge in [-0.3, -0.25) is 4.98 Å². The van der Waals surface area contributed by atoms with E-state index in [1.807, 2.05) is 12.1 Å². The Kier molecular flexibility index (Phi) is 5.92. The van der Waals surface area contributed by atoms with Gasteiger partial charge in [-0.15, -0.1) is 0 Å². The molecule has 1 aromatic carbocycles. The lowest BCUT2D eigenvalue weighted by atomic mass is 9.85. The molecular formula is C21H28FN. The summed E-state index contributed by atoms with van der Waals surface area (Å²) in [4.78, 5) is 4.84. The minimum atomic E-state index is -0.109. The van der Waals surface area contributed by atoms with E-state index in [2.05, 4.69) is 52.8 Å². The Morgan fingerprint density at radius 3 is 2.22 bits per heavy atom. The van der Waals surface area contributed by atoms with Crippen molar-refractivity contribution in [1.82, 2.24) is 4.98 Å². The lowest BCUT2D eigenvalue weighted by Crippen LogP contribution is -2.13. The molecule has 0 saturated carbocycles. The third-order valence-electron chi connectivity index (χ3n) is 5.08. The average molecular weight is 313 g/mol. The van der Waals surface area contributed by atoms with Crippen molar-refractivity contribution in [2.75, 3.05) is 0 Å². The van der Waals surface area contributed by atoms with Crippen molar-refractivity contribution in [2.24, 2.45) is 11.8 Å². The van der Waals surface area contributed by atoms with E-state index in [1.54, 1.807) is 12.1 Å². The first-order valence-corrected chi connectivity index (χ1v) is 8.60. The number of aromatic nitrogens is 1. The zero-order valence-corrected chi connectivity index (χ0v) is 14.9. The molecule has 2 aromatic rings. The molecule has 0 fully saturated rings. The van der Waals surface area contributed by atoms with Crippen LogP contribution in [-0.4, -0.2) is 4.98 Å². The predicted octanol–water partition coefficient (Wildman–Crippen LogP) is 5.96. The average Bonchev–Trinajstić information content (AvgIpc) is 2.54. The largest absolute Gasteiger partial charge is 0.258 e. The molecule has 0 N–H and O–H groups in total. The molecule has 124 valence electrons. The van der Waals surface area contributed by atoms with Crippen LogP contribution in [0.3, 0.4) is 0 Å². The summed E-state index contributed by atoms with van der Waals surface area (Å²) in [6.07, 6.45) is 0.869. The van der Waals surface area contributed by atoms with E-state index in [4.69, 9.17) is 4.98 Å². The van der Waals surface area contributed by atoms with Crippen LogP contribution in [0.1, 0.15) is 63.4 Å². The summed E-state index contributed by atoms with van der Waals surface area (Å²) < 4.78 is 14.0. The van der Waals surface area contributed by atoms with Crippen LogP contribution in [0, 0.1) is 17.7 Å². The van der Waals surface area contributed by atoms with E-state index >= 15 is 0 Å². The molecule has 0 aliphatic carbocycles. The SMILES string of the molecule is CC(C)C(C)c1cccc(CC(C)[C@@H](C)c2ccccc2F)n1. The number of pyridine rings is 1. The molecule has 3 atom stereocenters. The van der Waals surface area contributed by atoms with Gasteiger partial charge in [0.2, 0.25) is 0 Å². The summed E-state index contributed by atoms with van der Waals surface area (Å²) in [6, 6.07) is 13.4. The van der Waals surface area contributed by atoms with Gasteiger partial charge in [0.25, 0.3) is 0 Å². The number of halogens is 1. The van der Waals surface area contributed by atoms with Crippen LogP contribution in [0.25, 0.3) is 0 Å². The zero-order valence-electron chi connectivity index (χ0n) is 14.9. The summed E-state index contributed by atoms with van der Waals surface area (Å²) in [6.45, 7) is 11.0. The van der Waals surface area contributed by atoms with E-state index in [-0.39, 0.29) is 11.7 Å². The molecule has 2 heteroatoms. The molecule has 23 heavy (non-hydrogen) atoms. The summed E-state index contributed by atoms with van der Waals surface area (Å²) in [5.41, 5.74) is 3.06. The van der Waals surface area contributed by atoms with Crippen molar-refractivity contribution >= 4 is 0 Å². The quantitative estimate of drug-likeness (QED) is 0.641. The van der Waals surface area contributed by atoms with Crippen LogP contribution >= 0.6 is 0 Å². The molecule has 0 saturated heterocycles. The maximum absolute atomic E-state index is 14.0. The van der Waals surface area contributed by atoms with E-state index in [1.165, 1.54) is 0 Å². The van der Waals surface area contributed by atoms with Crippen LogP contribution < -0.4 is 0 Å². The monoisotopic (exact) mass is 313 g/mol. The number of hydrogen-bond acceptors (Lipinski definition) is 1. The Hall–Kier alpha value is -1.70. The third-order valence-corrected chi connectivity index (χ3v) is 5.08. The van der Waals surface area contributed by atoms with Crippen LogP contribution in [-0.2, 0) is 6.42 Å². The summed E-state index contributed by atoms with van der Waals surface area (Å²) in [5, 5.41) is 0. The first-order chi connectivity index (χ1) is 10.9. The van der Waals surface area contributed by atoms with Crippen molar-refractivity contribution in [3.8, 4) is 0 Å². The van der Waals surface area contributed by atoms with Crippen molar-refractivity contribution in [3.63, 3.8) is 0 Å². The lowest BCUT2D eigenvalue weighted by molar-refractivity contribution is 0.457. The van der Waals surface area contributed by atoms with Gasteiger partial charge in [-0.2, -0.15) is 0 Å². The van der Waals surface area contributed by atoms with Gasteiger partial charge in [-0.25, -0.2) is 4.39 Å². The van der Waals surface area contributed by atoms with Crippen molar-refractivity contribution in [1.29, 1.82) is 0 Å². The molecule has 0 aliphatic heterocycles. The fourth-order valence-electron chi connectivity index (χ4n) is 2.86. The molecule has 2 unspecified atom stereocenters. The highest BCUT2D eigenvalue weighted by molar-refractivity contribution is 5.22. The molecule has 2 rings (SSSR count). The second-order valence-electron chi connectivity index (χ2n) is 7.08. The Labute approximate surface area is 140 Å². The summed E-state index contributed by atoms with van der Waals surface area (Å²) in [5.74, 6) is 1.43. The van der Waals surface area contributed by atoms with Gasteiger partial charge in [0.05, 0.1) is 0 Å². The van der Waals surface area contributed by atoms with Crippen LogP contribution in [0.4, 0.5) is 4.39 Å². The van der Waals surface area contributed by atoms with Crippen molar-refractivity contribution < 1.29 is 4.39 Å². The molecule has 0 amide bonds. The molecule has 0 radical (unpaired) electrons.